The molecule has 0 bridgehead atoms. The molecule has 0 radical (unpaired) electrons. The van der Waals surface area contributed by atoms with Gasteiger partial charge in [-0.15, -0.1) is 6.42 Å². The molecule has 1 saturated heterocycles. The van der Waals surface area contributed by atoms with Crippen LogP contribution in [0.15, 0.2) is 52.2 Å². The lowest BCUT2D eigenvalue weighted by Gasteiger charge is -2.35. The monoisotopic (exact) mass is 350 g/mol. The van der Waals surface area contributed by atoms with Crippen molar-refractivity contribution in [3.8, 4) is 24.2 Å². The van der Waals surface area contributed by atoms with Crippen LogP contribution in [0.5, 0.6) is 0 Å². The zero-order valence-electron chi connectivity index (χ0n) is 14.1. The number of hydrogen-bond acceptors (Lipinski definition) is 4. The van der Waals surface area contributed by atoms with Crippen LogP contribution in [0.2, 0.25) is 0 Å². The van der Waals surface area contributed by atoms with E-state index in [4.69, 9.17) is 15.9 Å². The minimum absolute atomic E-state index is 0.0755. The third kappa shape index (κ3) is 4.12. The molecule has 2 heterocycles. The van der Waals surface area contributed by atoms with Gasteiger partial charge in [0.25, 0.3) is 5.56 Å². The van der Waals surface area contributed by atoms with E-state index in [-0.39, 0.29) is 12.5 Å². The lowest BCUT2D eigenvalue weighted by atomic mass is 9.95. The second-order valence-electron chi connectivity index (χ2n) is 5.79. The van der Waals surface area contributed by atoms with Crippen LogP contribution in [-0.4, -0.2) is 28.9 Å². The average Bonchev–Trinajstić information content (AvgIpc) is 2.66. The first-order chi connectivity index (χ1) is 12.7. The summed E-state index contributed by atoms with van der Waals surface area (Å²) in [5, 5.41) is 0. The molecule has 1 N–H and O–H groups in total. The Kier molecular flexibility index (Phi) is 5.70. The molecule has 132 valence electrons. The van der Waals surface area contributed by atoms with Crippen molar-refractivity contribution >= 4 is 0 Å². The summed E-state index contributed by atoms with van der Waals surface area (Å²) in [6.07, 6.45) is 6.13. The summed E-state index contributed by atoms with van der Waals surface area (Å²) in [7, 11) is 0. The first kappa shape index (κ1) is 17.8. The third-order valence-electron chi connectivity index (χ3n) is 4.06. The molecule has 1 aromatic carbocycles. The van der Waals surface area contributed by atoms with Crippen LogP contribution >= 0.6 is 0 Å². The van der Waals surface area contributed by atoms with E-state index in [1.54, 1.807) is 0 Å². The van der Waals surface area contributed by atoms with Gasteiger partial charge in [-0.25, -0.2) is 4.79 Å². The Balaban J connectivity index is 1.92. The van der Waals surface area contributed by atoms with Crippen LogP contribution in [0.3, 0.4) is 0 Å². The Bertz CT molecular complexity index is 959. The number of rotatable bonds is 3. The average molecular weight is 350 g/mol. The highest BCUT2D eigenvalue weighted by molar-refractivity contribution is 5.34. The maximum atomic E-state index is 12.1. The Labute approximate surface area is 150 Å². The number of aromatic nitrogens is 2. The smallest absolute Gasteiger partial charge is 0.330 e. The summed E-state index contributed by atoms with van der Waals surface area (Å²) in [5.74, 6) is 8.62. The summed E-state index contributed by atoms with van der Waals surface area (Å²) in [6.45, 7) is 0.492. The number of nitrogens with zero attached hydrogens (tertiary/aromatic N) is 1. The summed E-state index contributed by atoms with van der Waals surface area (Å²) >= 11 is 0. The number of H-pyrrole nitrogens is 1. The maximum absolute atomic E-state index is 12.1. The third-order valence-corrected chi connectivity index (χ3v) is 4.06. The molecule has 2 aromatic rings. The van der Waals surface area contributed by atoms with E-state index in [0.29, 0.717) is 13.0 Å². The van der Waals surface area contributed by atoms with Crippen molar-refractivity contribution in [3.05, 3.63) is 69.0 Å². The van der Waals surface area contributed by atoms with E-state index < -0.39 is 23.6 Å². The van der Waals surface area contributed by atoms with Crippen LogP contribution in [0.4, 0.5) is 0 Å². The van der Waals surface area contributed by atoms with E-state index in [1.807, 2.05) is 30.3 Å². The summed E-state index contributed by atoms with van der Waals surface area (Å²) in [6, 6.07) is 10.9. The van der Waals surface area contributed by atoms with Gasteiger partial charge in [0.15, 0.2) is 6.23 Å². The van der Waals surface area contributed by atoms with Crippen LogP contribution in [0.1, 0.15) is 18.2 Å². The van der Waals surface area contributed by atoms with Crippen molar-refractivity contribution in [1.29, 1.82) is 0 Å². The van der Waals surface area contributed by atoms with Crippen molar-refractivity contribution in [2.24, 2.45) is 5.92 Å². The quantitative estimate of drug-likeness (QED) is 0.843. The number of terminal acetylenes is 1. The Morgan fingerprint density at radius 1 is 1.27 bits per heavy atom. The number of benzene rings is 1. The first-order valence-electron chi connectivity index (χ1n) is 8.24. The minimum atomic E-state index is -0.712. The molecule has 0 aliphatic carbocycles. The van der Waals surface area contributed by atoms with Crippen molar-refractivity contribution in [2.45, 2.75) is 18.8 Å². The fourth-order valence-corrected chi connectivity index (χ4v) is 2.83. The van der Waals surface area contributed by atoms with Crippen molar-refractivity contribution in [1.82, 2.24) is 9.55 Å². The predicted octanol–water partition coefficient (Wildman–Crippen LogP) is 1.14. The van der Waals surface area contributed by atoms with Crippen LogP contribution < -0.4 is 11.2 Å². The molecule has 3 rings (SSSR count). The van der Waals surface area contributed by atoms with E-state index in [0.717, 1.165) is 5.56 Å². The summed E-state index contributed by atoms with van der Waals surface area (Å²) in [4.78, 5) is 25.7. The van der Waals surface area contributed by atoms with Gasteiger partial charge in [-0.05, 0) is 18.6 Å². The molecule has 1 aliphatic heterocycles. The first-order valence-corrected chi connectivity index (χ1v) is 8.24. The highest BCUT2D eigenvalue weighted by atomic mass is 16.6. The number of nitrogens with one attached hydrogen (secondary N) is 1. The normalized spacial score (nSPS) is 22.0. The zero-order chi connectivity index (χ0) is 18.4. The zero-order valence-corrected chi connectivity index (χ0v) is 14.1. The SMILES string of the molecule is C#CCOC1[C@H](n2ccc(=O)[nH]c2=O)OCC[C@@H]1C#Cc1ccccc1. The lowest BCUT2D eigenvalue weighted by Crippen LogP contribution is -2.45. The van der Waals surface area contributed by atoms with E-state index >= 15 is 0 Å². The predicted molar refractivity (Wildman–Crippen MR) is 96.3 cm³/mol. The second kappa shape index (κ2) is 8.35. The van der Waals surface area contributed by atoms with Crippen molar-refractivity contribution in [3.63, 3.8) is 0 Å². The Morgan fingerprint density at radius 2 is 2.08 bits per heavy atom. The fraction of sp³-hybridized carbons (Fsp3) is 0.300. The van der Waals surface area contributed by atoms with Gasteiger partial charge in [-0.1, -0.05) is 36.0 Å². The molecule has 0 saturated carbocycles. The standard InChI is InChI=1S/C20H18N2O4/c1-2-13-25-18-16(9-8-15-6-4-3-5-7-15)11-14-26-19(18)22-12-10-17(23)21-20(22)24/h1,3-7,10,12,16,18-19H,11,13-14H2,(H,21,23,24)/t16-,18?,19+/m0/s1. The molecule has 1 fully saturated rings. The van der Waals surface area contributed by atoms with Gasteiger partial charge in [0.1, 0.15) is 12.7 Å². The minimum Gasteiger partial charge on any atom is -0.360 e. The lowest BCUT2D eigenvalue weighted by molar-refractivity contribution is -0.152. The van der Waals surface area contributed by atoms with Gasteiger partial charge in [0, 0.05) is 17.8 Å². The highest BCUT2D eigenvalue weighted by Gasteiger charge is 2.36. The molecule has 1 aliphatic rings. The van der Waals surface area contributed by atoms with Crippen LogP contribution in [-0.2, 0) is 9.47 Å². The van der Waals surface area contributed by atoms with Gasteiger partial charge in [0.2, 0.25) is 0 Å². The Hall–Kier alpha value is -3.06. The highest BCUT2D eigenvalue weighted by Crippen LogP contribution is 2.29. The topological polar surface area (TPSA) is 73.3 Å². The van der Waals surface area contributed by atoms with Gasteiger partial charge >= 0.3 is 5.69 Å². The number of ether oxygens (including phenoxy) is 2. The van der Waals surface area contributed by atoms with E-state index in [2.05, 4.69) is 22.7 Å². The van der Waals surface area contributed by atoms with E-state index in [1.165, 1.54) is 16.8 Å². The number of aromatic amines is 1. The molecule has 1 unspecified atom stereocenters. The van der Waals surface area contributed by atoms with Gasteiger partial charge in [0.05, 0.1) is 12.5 Å². The van der Waals surface area contributed by atoms with E-state index in [9.17, 15) is 9.59 Å². The Morgan fingerprint density at radius 3 is 2.81 bits per heavy atom. The molecule has 1 aromatic heterocycles. The summed E-state index contributed by atoms with van der Waals surface area (Å²) in [5.41, 5.74) is -0.135. The molecular weight excluding hydrogens is 332 g/mol. The van der Waals surface area contributed by atoms with Crippen molar-refractivity contribution in [2.75, 3.05) is 13.2 Å². The molecule has 0 amide bonds. The summed E-state index contributed by atoms with van der Waals surface area (Å²) < 4.78 is 12.8. The van der Waals surface area contributed by atoms with Crippen LogP contribution in [0.25, 0.3) is 0 Å². The fourth-order valence-electron chi connectivity index (χ4n) is 2.83. The molecule has 6 nitrogen and oxygen atoms in total. The molecule has 0 spiro atoms. The van der Waals surface area contributed by atoms with Crippen molar-refractivity contribution < 1.29 is 9.47 Å². The van der Waals surface area contributed by atoms with Gasteiger partial charge < -0.3 is 9.47 Å². The second-order valence-corrected chi connectivity index (χ2v) is 5.79. The largest absolute Gasteiger partial charge is 0.360 e. The molecule has 3 atom stereocenters. The maximum Gasteiger partial charge on any atom is 0.330 e. The molecule has 6 heteroatoms. The molecular formula is C20H18N2O4. The van der Waals surface area contributed by atoms with Gasteiger partial charge in [-0.2, -0.15) is 0 Å². The van der Waals surface area contributed by atoms with Crippen LogP contribution in [0, 0.1) is 30.1 Å². The van der Waals surface area contributed by atoms with Gasteiger partial charge in [-0.3, -0.25) is 14.3 Å². The molecule has 26 heavy (non-hydrogen) atoms. The number of hydrogen-bond donors (Lipinski definition) is 1.